The smallest absolute Gasteiger partial charge is 0.322 e. The van der Waals surface area contributed by atoms with E-state index in [-0.39, 0.29) is 11.9 Å². The molecule has 1 aliphatic heterocycles. The number of likely N-dealkylation sites (tertiary alicyclic amines) is 1. The van der Waals surface area contributed by atoms with Gasteiger partial charge in [-0.15, -0.1) is 0 Å². The van der Waals surface area contributed by atoms with Crippen molar-refractivity contribution in [2.45, 2.75) is 12.5 Å². The molecule has 3 aromatic rings. The van der Waals surface area contributed by atoms with Gasteiger partial charge in [0.1, 0.15) is 5.69 Å². The second-order valence-corrected chi connectivity index (χ2v) is 6.47. The number of halogens is 1. The SMILES string of the molecule is O=C(c1ccccn1)N1CCC(Nc2nc(-c3cccc(Cl)c3)no2)C1. The minimum Gasteiger partial charge on any atom is -0.335 e. The van der Waals surface area contributed by atoms with Crippen molar-refractivity contribution in [1.29, 1.82) is 0 Å². The lowest BCUT2D eigenvalue weighted by Crippen LogP contribution is -2.32. The van der Waals surface area contributed by atoms with Gasteiger partial charge in [0, 0.05) is 35.9 Å². The summed E-state index contributed by atoms with van der Waals surface area (Å²) in [6.45, 7) is 1.21. The summed E-state index contributed by atoms with van der Waals surface area (Å²) >= 11 is 5.99. The zero-order valence-electron chi connectivity index (χ0n) is 13.8. The normalized spacial score (nSPS) is 16.7. The summed E-state index contributed by atoms with van der Waals surface area (Å²) in [7, 11) is 0. The molecule has 4 rings (SSSR count). The van der Waals surface area contributed by atoms with E-state index >= 15 is 0 Å². The maximum atomic E-state index is 12.4. The van der Waals surface area contributed by atoms with Crippen LogP contribution in [0.4, 0.5) is 6.01 Å². The van der Waals surface area contributed by atoms with E-state index in [1.807, 2.05) is 18.2 Å². The number of carbonyl (C=O) groups excluding carboxylic acids is 1. The van der Waals surface area contributed by atoms with Crippen LogP contribution in [0.15, 0.2) is 53.2 Å². The molecule has 0 saturated carbocycles. The van der Waals surface area contributed by atoms with Gasteiger partial charge in [-0.25, -0.2) is 0 Å². The summed E-state index contributed by atoms with van der Waals surface area (Å²) < 4.78 is 5.27. The van der Waals surface area contributed by atoms with Crippen LogP contribution >= 0.6 is 11.6 Å². The first kappa shape index (κ1) is 16.5. The van der Waals surface area contributed by atoms with E-state index in [0.29, 0.717) is 35.6 Å². The zero-order chi connectivity index (χ0) is 17.9. The molecule has 1 fully saturated rings. The number of benzene rings is 1. The number of hydrogen-bond donors (Lipinski definition) is 1. The molecule has 1 aliphatic rings. The van der Waals surface area contributed by atoms with Crippen molar-refractivity contribution >= 4 is 23.5 Å². The number of nitrogens with zero attached hydrogens (tertiary/aromatic N) is 4. The van der Waals surface area contributed by atoms with Gasteiger partial charge in [-0.3, -0.25) is 9.78 Å². The summed E-state index contributed by atoms with van der Waals surface area (Å²) in [5, 5.41) is 7.78. The number of amides is 1. The van der Waals surface area contributed by atoms with E-state index in [4.69, 9.17) is 16.1 Å². The molecule has 26 heavy (non-hydrogen) atoms. The van der Waals surface area contributed by atoms with E-state index in [1.165, 1.54) is 0 Å². The van der Waals surface area contributed by atoms with Gasteiger partial charge in [-0.05, 0) is 30.7 Å². The van der Waals surface area contributed by atoms with Crippen molar-refractivity contribution in [3.05, 3.63) is 59.4 Å². The predicted octanol–water partition coefficient (Wildman–Crippen LogP) is 3.11. The molecule has 2 aromatic heterocycles. The summed E-state index contributed by atoms with van der Waals surface area (Å²) in [5.41, 5.74) is 1.24. The largest absolute Gasteiger partial charge is 0.335 e. The van der Waals surface area contributed by atoms with Crippen LogP contribution in [0, 0.1) is 0 Å². The lowest BCUT2D eigenvalue weighted by molar-refractivity contribution is 0.0785. The fourth-order valence-corrected chi connectivity index (χ4v) is 3.11. The van der Waals surface area contributed by atoms with Crippen LogP contribution in [0.2, 0.25) is 5.02 Å². The highest BCUT2D eigenvalue weighted by Crippen LogP contribution is 2.22. The molecule has 8 heteroatoms. The number of carbonyl (C=O) groups is 1. The van der Waals surface area contributed by atoms with Crippen molar-refractivity contribution in [1.82, 2.24) is 20.0 Å². The van der Waals surface area contributed by atoms with Crippen LogP contribution < -0.4 is 5.32 Å². The van der Waals surface area contributed by atoms with Gasteiger partial charge < -0.3 is 14.7 Å². The average Bonchev–Trinajstić information content (AvgIpc) is 3.32. The first-order chi connectivity index (χ1) is 12.7. The third-order valence-electron chi connectivity index (χ3n) is 4.20. The van der Waals surface area contributed by atoms with Crippen LogP contribution in [-0.4, -0.2) is 45.1 Å². The lowest BCUT2D eigenvalue weighted by atomic mass is 10.2. The molecule has 0 bridgehead atoms. The second-order valence-electron chi connectivity index (χ2n) is 6.03. The quantitative estimate of drug-likeness (QED) is 0.760. The van der Waals surface area contributed by atoms with Crippen LogP contribution in [0.5, 0.6) is 0 Å². The third-order valence-corrected chi connectivity index (χ3v) is 4.43. The summed E-state index contributed by atoms with van der Waals surface area (Å²) in [6, 6.07) is 13.0. The summed E-state index contributed by atoms with van der Waals surface area (Å²) in [4.78, 5) is 22.7. The Morgan fingerprint density at radius 2 is 2.19 bits per heavy atom. The molecular weight excluding hydrogens is 354 g/mol. The fraction of sp³-hybridized carbons (Fsp3) is 0.222. The molecule has 132 valence electrons. The molecule has 7 nitrogen and oxygen atoms in total. The standard InChI is InChI=1S/C18H16ClN5O2/c19-13-5-3-4-12(10-13)16-22-18(26-23-16)21-14-7-9-24(11-14)17(25)15-6-1-2-8-20-15/h1-6,8,10,14H,7,9,11H2,(H,21,22,23). The maximum absolute atomic E-state index is 12.4. The predicted molar refractivity (Wildman–Crippen MR) is 96.9 cm³/mol. The number of aromatic nitrogens is 3. The minimum atomic E-state index is -0.0694. The number of anilines is 1. The summed E-state index contributed by atoms with van der Waals surface area (Å²) in [6.07, 6.45) is 2.42. The van der Waals surface area contributed by atoms with Crippen LogP contribution in [0.25, 0.3) is 11.4 Å². The van der Waals surface area contributed by atoms with Crippen molar-refractivity contribution < 1.29 is 9.32 Å². The van der Waals surface area contributed by atoms with Gasteiger partial charge in [0.2, 0.25) is 5.82 Å². The van der Waals surface area contributed by atoms with Gasteiger partial charge in [0.15, 0.2) is 0 Å². The second kappa shape index (κ2) is 7.13. The number of hydrogen-bond acceptors (Lipinski definition) is 6. The minimum absolute atomic E-state index is 0.0512. The highest BCUT2D eigenvalue weighted by Gasteiger charge is 2.28. The van der Waals surface area contributed by atoms with Crippen molar-refractivity contribution in [3.8, 4) is 11.4 Å². The Bertz CT molecular complexity index is 915. The average molecular weight is 370 g/mol. The highest BCUT2D eigenvalue weighted by molar-refractivity contribution is 6.30. The van der Waals surface area contributed by atoms with E-state index in [0.717, 1.165) is 12.0 Å². The van der Waals surface area contributed by atoms with E-state index < -0.39 is 0 Å². The molecule has 1 atom stereocenters. The maximum Gasteiger partial charge on any atom is 0.322 e. The Labute approximate surface area is 155 Å². The molecule has 0 radical (unpaired) electrons. The van der Waals surface area contributed by atoms with Gasteiger partial charge in [-0.1, -0.05) is 35.0 Å². The molecular formula is C18H16ClN5O2. The topological polar surface area (TPSA) is 84.2 Å². The van der Waals surface area contributed by atoms with Gasteiger partial charge in [0.25, 0.3) is 5.91 Å². The molecule has 3 heterocycles. The molecule has 1 amide bonds. The fourth-order valence-electron chi connectivity index (χ4n) is 2.92. The zero-order valence-corrected chi connectivity index (χ0v) is 14.6. The van der Waals surface area contributed by atoms with E-state index in [2.05, 4.69) is 20.4 Å². The number of pyridine rings is 1. The molecule has 1 aromatic carbocycles. The van der Waals surface area contributed by atoms with Crippen molar-refractivity contribution in [2.24, 2.45) is 0 Å². The van der Waals surface area contributed by atoms with Gasteiger partial charge >= 0.3 is 6.01 Å². The first-order valence-corrected chi connectivity index (χ1v) is 8.63. The number of nitrogens with one attached hydrogen (secondary N) is 1. The monoisotopic (exact) mass is 369 g/mol. The van der Waals surface area contributed by atoms with Crippen LogP contribution in [0.3, 0.4) is 0 Å². The Hall–Kier alpha value is -2.93. The summed E-state index contributed by atoms with van der Waals surface area (Å²) in [5.74, 6) is 0.398. The van der Waals surface area contributed by atoms with Crippen molar-refractivity contribution in [2.75, 3.05) is 18.4 Å². The first-order valence-electron chi connectivity index (χ1n) is 8.25. The Morgan fingerprint density at radius 1 is 1.27 bits per heavy atom. The van der Waals surface area contributed by atoms with E-state index in [1.54, 1.807) is 35.4 Å². The van der Waals surface area contributed by atoms with E-state index in [9.17, 15) is 4.79 Å². The van der Waals surface area contributed by atoms with Crippen LogP contribution in [0.1, 0.15) is 16.9 Å². The third kappa shape index (κ3) is 3.52. The Kier molecular flexibility index (Phi) is 4.53. The number of rotatable bonds is 4. The molecule has 0 spiro atoms. The molecule has 1 unspecified atom stereocenters. The Balaban J connectivity index is 1.39. The van der Waals surface area contributed by atoms with Gasteiger partial charge in [0.05, 0.1) is 0 Å². The molecule has 1 saturated heterocycles. The molecule has 1 N–H and O–H groups in total. The highest BCUT2D eigenvalue weighted by atomic mass is 35.5. The Morgan fingerprint density at radius 3 is 3.00 bits per heavy atom. The van der Waals surface area contributed by atoms with Gasteiger partial charge in [-0.2, -0.15) is 4.98 Å². The van der Waals surface area contributed by atoms with Crippen LogP contribution in [-0.2, 0) is 0 Å². The van der Waals surface area contributed by atoms with Crippen molar-refractivity contribution in [3.63, 3.8) is 0 Å². The lowest BCUT2D eigenvalue weighted by Gasteiger charge is -2.15. The molecule has 0 aliphatic carbocycles.